The molecule has 0 aliphatic carbocycles. The minimum Gasteiger partial charge on any atom is -0.372 e. The maximum atomic E-state index is 4.64. The van der Waals surface area contributed by atoms with Crippen LogP contribution >= 0.6 is 11.3 Å². The summed E-state index contributed by atoms with van der Waals surface area (Å²) in [5.74, 6) is 0.712. The van der Waals surface area contributed by atoms with E-state index in [-0.39, 0.29) is 0 Å². The lowest BCUT2D eigenvalue weighted by molar-refractivity contribution is 0.297. The van der Waals surface area contributed by atoms with Crippen molar-refractivity contribution in [3.8, 4) is 0 Å². The van der Waals surface area contributed by atoms with Crippen LogP contribution in [0.15, 0.2) is 87.2 Å². The molecule has 1 aromatic heterocycles. The Morgan fingerprint density at radius 1 is 0.795 bits per heavy atom. The summed E-state index contributed by atoms with van der Waals surface area (Å²) in [6.07, 6.45) is 3.54. The molecular weight excluding hydrogens is 500 g/mol. The Kier molecular flexibility index (Phi) is 9.57. The van der Waals surface area contributed by atoms with Gasteiger partial charge in [0.15, 0.2) is 0 Å². The van der Waals surface area contributed by atoms with Crippen LogP contribution in [0.1, 0.15) is 59.9 Å². The number of aromatic nitrogens is 1. The first kappa shape index (κ1) is 28.6. The molecule has 0 amide bonds. The molecule has 1 atom stereocenters. The lowest BCUT2D eigenvalue weighted by Gasteiger charge is -2.23. The number of rotatable bonds is 11. The highest BCUT2D eigenvalue weighted by atomic mass is 32.1. The van der Waals surface area contributed by atoms with E-state index >= 15 is 0 Å². The van der Waals surface area contributed by atoms with E-state index < -0.39 is 0 Å². The molecule has 4 aromatic rings. The van der Waals surface area contributed by atoms with Crippen LogP contribution < -0.4 is 4.90 Å². The van der Waals surface area contributed by atoms with Crippen molar-refractivity contribution in [3.63, 3.8) is 0 Å². The largest absolute Gasteiger partial charge is 0.372 e. The van der Waals surface area contributed by atoms with Gasteiger partial charge in [-0.25, -0.2) is 4.98 Å². The van der Waals surface area contributed by atoms with Crippen LogP contribution in [0, 0.1) is 11.3 Å². The Morgan fingerprint density at radius 3 is 1.92 bits per heavy atom. The van der Waals surface area contributed by atoms with Gasteiger partial charge in [-0.15, -0.1) is 10.2 Å². The molecule has 0 radical (unpaired) electrons. The number of azo groups is 2. The van der Waals surface area contributed by atoms with Crippen LogP contribution in [0.25, 0.3) is 10.2 Å². The van der Waals surface area contributed by atoms with Gasteiger partial charge < -0.3 is 4.90 Å². The van der Waals surface area contributed by atoms with Crippen molar-refractivity contribution in [1.82, 2.24) is 4.98 Å². The molecule has 39 heavy (non-hydrogen) atoms. The van der Waals surface area contributed by atoms with Crippen molar-refractivity contribution in [2.24, 2.45) is 31.8 Å². The third kappa shape index (κ3) is 8.52. The molecule has 0 N–H and O–H groups in total. The first-order valence-electron chi connectivity index (χ1n) is 13.9. The van der Waals surface area contributed by atoms with Gasteiger partial charge in [0.2, 0.25) is 5.13 Å². The summed E-state index contributed by atoms with van der Waals surface area (Å²) in [7, 11) is 0. The zero-order chi connectivity index (χ0) is 27.8. The van der Waals surface area contributed by atoms with Crippen molar-refractivity contribution in [3.05, 3.63) is 72.3 Å². The molecule has 0 aliphatic heterocycles. The Balaban J connectivity index is 1.34. The predicted octanol–water partition coefficient (Wildman–Crippen LogP) is 11.0. The van der Waals surface area contributed by atoms with Crippen molar-refractivity contribution < 1.29 is 0 Å². The molecular formula is C32H40N6S. The highest BCUT2D eigenvalue weighted by Gasteiger charge is 2.15. The molecule has 0 bridgehead atoms. The summed E-state index contributed by atoms with van der Waals surface area (Å²) in [4.78, 5) is 6.94. The maximum Gasteiger partial charge on any atom is 0.231 e. The summed E-state index contributed by atoms with van der Waals surface area (Å²) < 4.78 is 1.16. The molecule has 1 unspecified atom stereocenters. The molecule has 4 rings (SSSR count). The van der Waals surface area contributed by atoms with Crippen molar-refractivity contribution in [2.75, 3.05) is 18.0 Å². The van der Waals surface area contributed by atoms with Gasteiger partial charge in [-0.05, 0) is 111 Å². The number of fused-ring (bicyclic) bond motifs is 1. The second kappa shape index (κ2) is 13.1. The van der Waals surface area contributed by atoms with Gasteiger partial charge >= 0.3 is 0 Å². The number of anilines is 1. The van der Waals surface area contributed by atoms with Crippen LogP contribution in [0.4, 0.5) is 27.9 Å². The maximum absolute atomic E-state index is 4.64. The smallest absolute Gasteiger partial charge is 0.231 e. The van der Waals surface area contributed by atoms with Crippen molar-refractivity contribution in [2.45, 2.75) is 60.8 Å². The van der Waals surface area contributed by atoms with Crippen LogP contribution in [0.5, 0.6) is 0 Å². The van der Waals surface area contributed by atoms with Crippen molar-refractivity contribution in [1.29, 1.82) is 0 Å². The standard InChI is InChI=1S/C32H40N6S/c1-7-38(8-2)28-18-16-27(17-19-28)35-34-25-12-14-26(15-13-25)36-37-31-33-29-20-11-24(21-30(29)39-31)10-9-23(3)22-32(4,5)6/h11-21,23H,7-10,22H2,1-6H3/b35-34+,37-36+. The number of hydrogen-bond donors (Lipinski definition) is 0. The van der Waals surface area contributed by atoms with Crippen LogP contribution in [-0.4, -0.2) is 18.1 Å². The summed E-state index contributed by atoms with van der Waals surface area (Å²) in [5, 5.41) is 18.2. The van der Waals surface area contributed by atoms with Crippen molar-refractivity contribution >= 4 is 49.4 Å². The molecule has 1 heterocycles. The monoisotopic (exact) mass is 540 g/mol. The van der Waals surface area contributed by atoms with Gasteiger partial charge in [0.25, 0.3) is 0 Å². The average Bonchev–Trinajstić information content (AvgIpc) is 3.33. The van der Waals surface area contributed by atoms with E-state index in [2.05, 4.69) is 102 Å². The van der Waals surface area contributed by atoms with Gasteiger partial charge in [0.05, 0.1) is 27.3 Å². The van der Waals surface area contributed by atoms with Gasteiger partial charge in [0.1, 0.15) is 0 Å². The molecule has 0 saturated carbocycles. The first-order valence-corrected chi connectivity index (χ1v) is 14.7. The number of aryl methyl sites for hydroxylation is 1. The van der Waals surface area contributed by atoms with E-state index in [4.69, 9.17) is 0 Å². The highest BCUT2D eigenvalue weighted by molar-refractivity contribution is 7.21. The third-order valence-corrected chi connectivity index (χ3v) is 7.59. The van der Waals surface area contributed by atoms with Crippen LogP contribution in [-0.2, 0) is 6.42 Å². The third-order valence-electron chi connectivity index (χ3n) is 6.69. The molecule has 0 aliphatic rings. The number of benzene rings is 3. The Morgan fingerprint density at radius 2 is 1.36 bits per heavy atom. The lowest BCUT2D eigenvalue weighted by Crippen LogP contribution is -2.21. The fourth-order valence-electron chi connectivity index (χ4n) is 4.84. The molecule has 0 fully saturated rings. The molecule has 3 aromatic carbocycles. The topological polar surface area (TPSA) is 65.6 Å². The Labute approximate surface area is 236 Å². The van der Waals surface area contributed by atoms with Gasteiger partial charge in [-0.3, -0.25) is 0 Å². The Hall–Kier alpha value is -3.45. The highest BCUT2D eigenvalue weighted by Crippen LogP contribution is 2.32. The fourth-order valence-corrected chi connectivity index (χ4v) is 5.69. The molecule has 6 nitrogen and oxygen atoms in total. The zero-order valence-corrected chi connectivity index (χ0v) is 24.9. The summed E-state index contributed by atoms with van der Waals surface area (Å²) in [6.45, 7) is 15.6. The van der Waals surface area contributed by atoms with E-state index in [1.807, 2.05) is 36.4 Å². The van der Waals surface area contributed by atoms with Crippen LogP contribution in [0.3, 0.4) is 0 Å². The lowest BCUT2D eigenvalue weighted by atomic mass is 9.83. The average molecular weight is 541 g/mol. The van der Waals surface area contributed by atoms with E-state index in [0.29, 0.717) is 16.5 Å². The molecule has 0 spiro atoms. The molecule has 7 heteroatoms. The quantitative estimate of drug-likeness (QED) is 0.178. The Bertz CT molecular complexity index is 1390. The minimum atomic E-state index is 0.378. The SMILES string of the molecule is CCN(CC)c1ccc(/N=N/c2ccc(/N=N/c3nc4ccc(CCC(C)CC(C)(C)C)cc4s3)cc2)cc1. The number of thiazole rings is 1. The molecule has 204 valence electrons. The second-order valence-electron chi connectivity index (χ2n) is 11.3. The fraction of sp³-hybridized carbons (Fsp3) is 0.406. The number of hydrogen-bond acceptors (Lipinski definition) is 7. The van der Waals surface area contributed by atoms with E-state index in [9.17, 15) is 0 Å². The van der Waals surface area contributed by atoms with E-state index in [1.165, 1.54) is 24.1 Å². The minimum absolute atomic E-state index is 0.378. The molecule has 0 saturated heterocycles. The van der Waals surface area contributed by atoms with Gasteiger partial charge in [-0.1, -0.05) is 45.1 Å². The normalized spacial score (nSPS) is 13.1. The van der Waals surface area contributed by atoms with Gasteiger partial charge in [-0.2, -0.15) is 10.2 Å². The number of nitrogens with zero attached hydrogens (tertiary/aromatic N) is 6. The van der Waals surface area contributed by atoms with E-state index in [0.717, 1.165) is 46.8 Å². The predicted molar refractivity (Wildman–Crippen MR) is 166 cm³/mol. The first-order chi connectivity index (χ1) is 18.7. The summed E-state index contributed by atoms with van der Waals surface area (Å²) >= 11 is 1.58. The van der Waals surface area contributed by atoms with Gasteiger partial charge in [0, 0.05) is 18.8 Å². The summed E-state index contributed by atoms with van der Waals surface area (Å²) in [5.41, 5.74) is 6.26. The summed E-state index contributed by atoms with van der Waals surface area (Å²) in [6, 6.07) is 22.3. The van der Waals surface area contributed by atoms with E-state index in [1.54, 1.807) is 11.3 Å². The second-order valence-corrected chi connectivity index (χ2v) is 12.3. The van der Waals surface area contributed by atoms with Crippen LogP contribution in [0.2, 0.25) is 0 Å². The zero-order valence-electron chi connectivity index (χ0n) is 24.1.